The highest BCUT2D eigenvalue weighted by Gasteiger charge is 2.25. The Labute approximate surface area is 136 Å². The van der Waals surface area contributed by atoms with Crippen molar-refractivity contribution in [3.05, 3.63) is 63.5 Å². The Balaban J connectivity index is 2.28. The lowest BCUT2D eigenvalue weighted by Gasteiger charge is -2.10. The number of halogens is 1. The van der Waals surface area contributed by atoms with Crippen molar-refractivity contribution >= 4 is 11.7 Å². The van der Waals surface area contributed by atoms with Gasteiger partial charge in [-0.15, -0.1) is 0 Å². The number of nitro benzene ring substituents is 1. The number of nitro groups is 1. The second-order valence-electron chi connectivity index (χ2n) is 4.69. The predicted octanol–water partition coefficient (Wildman–Crippen LogP) is 3.11. The van der Waals surface area contributed by atoms with Crippen LogP contribution in [-0.2, 0) is 11.3 Å². The molecule has 0 aliphatic heterocycles. The Kier molecular flexibility index (Phi) is 5.31. The van der Waals surface area contributed by atoms with Crippen LogP contribution in [0.4, 0.5) is 10.1 Å². The molecule has 2 rings (SSSR count). The van der Waals surface area contributed by atoms with Gasteiger partial charge in [0.1, 0.15) is 18.0 Å². The zero-order valence-electron chi connectivity index (χ0n) is 12.9. The second-order valence-corrected chi connectivity index (χ2v) is 4.69. The summed E-state index contributed by atoms with van der Waals surface area (Å²) >= 11 is 0. The van der Waals surface area contributed by atoms with Crippen molar-refractivity contribution in [3.63, 3.8) is 0 Å². The van der Waals surface area contributed by atoms with E-state index in [-0.39, 0.29) is 23.7 Å². The number of benzene rings is 2. The molecule has 0 fully saturated rings. The van der Waals surface area contributed by atoms with Crippen molar-refractivity contribution in [2.24, 2.45) is 0 Å². The molecule has 7 nitrogen and oxygen atoms in total. The fourth-order valence-electron chi connectivity index (χ4n) is 2.04. The monoisotopic (exact) mass is 335 g/mol. The predicted molar refractivity (Wildman–Crippen MR) is 81.7 cm³/mol. The summed E-state index contributed by atoms with van der Waals surface area (Å²) in [5.41, 5.74) is -0.336. The topological polar surface area (TPSA) is 87.9 Å². The van der Waals surface area contributed by atoms with Crippen LogP contribution < -0.4 is 9.47 Å². The summed E-state index contributed by atoms with van der Waals surface area (Å²) in [4.78, 5) is 22.6. The molecule has 0 N–H and O–H groups in total. The van der Waals surface area contributed by atoms with Gasteiger partial charge in [-0.3, -0.25) is 10.1 Å². The van der Waals surface area contributed by atoms with E-state index in [0.717, 1.165) is 6.07 Å². The Bertz CT molecular complexity index is 777. The third-order valence-corrected chi connectivity index (χ3v) is 3.18. The fraction of sp³-hybridized carbons (Fsp3) is 0.188. The summed E-state index contributed by atoms with van der Waals surface area (Å²) in [7, 11) is 2.66. The van der Waals surface area contributed by atoms with E-state index in [2.05, 4.69) is 0 Å². The van der Waals surface area contributed by atoms with Gasteiger partial charge in [0.25, 0.3) is 5.69 Å². The number of rotatable bonds is 6. The molecule has 0 aliphatic rings. The normalized spacial score (nSPS) is 10.1. The summed E-state index contributed by atoms with van der Waals surface area (Å²) in [6.07, 6.45) is 0. The molecule has 0 spiro atoms. The van der Waals surface area contributed by atoms with E-state index in [1.165, 1.54) is 38.5 Å². The van der Waals surface area contributed by atoms with E-state index in [9.17, 15) is 19.3 Å². The number of carbonyl (C=O) groups is 1. The van der Waals surface area contributed by atoms with Crippen molar-refractivity contribution in [2.75, 3.05) is 14.2 Å². The molecule has 0 atom stereocenters. The number of hydrogen-bond acceptors (Lipinski definition) is 6. The quantitative estimate of drug-likeness (QED) is 0.458. The zero-order chi connectivity index (χ0) is 17.7. The van der Waals surface area contributed by atoms with Crippen LogP contribution in [0.25, 0.3) is 0 Å². The number of esters is 1. The van der Waals surface area contributed by atoms with Crippen molar-refractivity contribution in [3.8, 4) is 11.5 Å². The molecule has 0 saturated carbocycles. The van der Waals surface area contributed by atoms with Gasteiger partial charge >= 0.3 is 5.97 Å². The molecule has 126 valence electrons. The van der Waals surface area contributed by atoms with E-state index in [1.54, 1.807) is 6.07 Å². The first-order valence-corrected chi connectivity index (χ1v) is 6.78. The van der Waals surface area contributed by atoms with Crippen molar-refractivity contribution in [1.82, 2.24) is 0 Å². The standard InChI is InChI=1S/C16H14FNO6/c1-22-14-7-12(13(18(20)21)8-15(14)23-2)16(19)24-9-10-4-3-5-11(17)6-10/h3-8H,9H2,1-2H3. The molecule has 2 aromatic rings. The zero-order valence-corrected chi connectivity index (χ0v) is 12.9. The maximum Gasteiger partial charge on any atom is 0.345 e. The lowest BCUT2D eigenvalue weighted by Crippen LogP contribution is -2.09. The molecule has 8 heteroatoms. The van der Waals surface area contributed by atoms with Gasteiger partial charge in [-0.1, -0.05) is 12.1 Å². The van der Waals surface area contributed by atoms with E-state index in [4.69, 9.17) is 14.2 Å². The Morgan fingerprint density at radius 2 is 1.83 bits per heavy atom. The van der Waals surface area contributed by atoms with Gasteiger partial charge in [0, 0.05) is 6.07 Å². The largest absolute Gasteiger partial charge is 0.493 e. The summed E-state index contributed by atoms with van der Waals surface area (Å²) in [6.45, 7) is -0.220. The highest BCUT2D eigenvalue weighted by atomic mass is 19.1. The highest BCUT2D eigenvalue weighted by Crippen LogP contribution is 2.34. The van der Waals surface area contributed by atoms with Crippen LogP contribution in [0.1, 0.15) is 15.9 Å². The first kappa shape index (κ1) is 17.2. The average Bonchev–Trinajstić information content (AvgIpc) is 2.58. The molecule has 0 heterocycles. The van der Waals surface area contributed by atoms with Gasteiger partial charge in [-0.05, 0) is 17.7 Å². The molecular formula is C16H14FNO6. The van der Waals surface area contributed by atoms with Crippen LogP contribution in [0.5, 0.6) is 11.5 Å². The number of carbonyl (C=O) groups excluding carboxylic acids is 1. The SMILES string of the molecule is COc1cc(C(=O)OCc2cccc(F)c2)c([N+](=O)[O-])cc1OC. The second kappa shape index (κ2) is 7.40. The van der Waals surface area contributed by atoms with Gasteiger partial charge in [0.05, 0.1) is 25.2 Å². The Morgan fingerprint density at radius 3 is 2.42 bits per heavy atom. The van der Waals surface area contributed by atoms with Crippen LogP contribution in [0.2, 0.25) is 0 Å². The molecule has 24 heavy (non-hydrogen) atoms. The first-order chi connectivity index (χ1) is 11.5. The first-order valence-electron chi connectivity index (χ1n) is 6.78. The molecule has 0 aliphatic carbocycles. The summed E-state index contributed by atoms with van der Waals surface area (Å²) in [6, 6.07) is 7.75. The van der Waals surface area contributed by atoms with Gasteiger partial charge in [0.15, 0.2) is 11.5 Å². The van der Waals surface area contributed by atoms with Crippen molar-refractivity contribution < 1.29 is 28.3 Å². The van der Waals surface area contributed by atoms with Crippen LogP contribution in [0, 0.1) is 15.9 Å². The summed E-state index contributed by atoms with van der Waals surface area (Å²) < 4.78 is 28.1. The number of hydrogen-bond donors (Lipinski definition) is 0. The molecule has 0 saturated heterocycles. The van der Waals surface area contributed by atoms with E-state index >= 15 is 0 Å². The number of methoxy groups -OCH3 is 2. The minimum atomic E-state index is -0.924. The van der Waals surface area contributed by atoms with Gasteiger partial charge in [-0.25, -0.2) is 9.18 Å². The van der Waals surface area contributed by atoms with Crippen LogP contribution in [0.15, 0.2) is 36.4 Å². The highest BCUT2D eigenvalue weighted by molar-refractivity contribution is 5.95. The lowest BCUT2D eigenvalue weighted by atomic mass is 10.1. The minimum absolute atomic E-state index is 0.117. The smallest absolute Gasteiger partial charge is 0.345 e. The Morgan fingerprint density at radius 1 is 1.17 bits per heavy atom. The third-order valence-electron chi connectivity index (χ3n) is 3.18. The molecule has 0 aromatic heterocycles. The van der Waals surface area contributed by atoms with E-state index < -0.39 is 22.4 Å². The summed E-state index contributed by atoms with van der Waals surface area (Å²) in [5, 5.41) is 11.2. The molecule has 0 amide bonds. The molecule has 0 radical (unpaired) electrons. The van der Waals surface area contributed by atoms with Gasteiger partial charge in [-0.2, -0.15) is 0 Å². The van der Waals surface area contributed by atoms with Crippen LogP contribution in [0.3, 0.4) is 0 Å². The van der Waals surface area contributed by atoms with E-state index in [1.807, 2.05) is 0 Å². The van der Waals surface area contributed by atoms with E-state index in [0.29, 0.717) is 5.56 Å². The molecule has 0 bridgehead atoms. The number of nitrogens with zero attached hydrogens (tertiary/aromatic N) is 1. The molecule has 2 aromatic carbocycles. The Hall–Kier alpha value is -3.16. The third kappa shape index (κ3) is 3.78. The van der Waals surface area contributed by atoms with Gasteiger partial charge < -0.3 is 14.2 Å². The maximum absolute atomic E-state index is 13.1. The maximum atomic E-state index is 13.1. The van der Waals surface area contributed by atoms with Gasteiger partial charge in [0.2, 0.25) is 0 Å². The number of ether oxygens (including phenoxy) is 3. The molecular weight excluding hydrogens is 321 g/mol. The minimum Gasteiger partial charge on any atom is -0.493 e. The fourth-order valence-corrected chi connectivity index (χ4v) is 2.04. The lowest BCUT2D eigenvalue weighted by molar-refractivity contribution is -0.385. The average molecular weight is 335 g/mol. The van der Waals surface area contributed by atoms with Crippen molar-refractivity contribution in [2.45, 2.75) is 6.61 Å². The van der Waals surface area contributed by atoms with Crippen molar-refractivity contribution in [1.29, 1.82) is 0 Å². The molecule has 0 unspecified atom stereocenters. The van der Waals surface area contributed by atoms with Crippen LogP contribution in [-0.4, -0.2) is 25.1 Å². The van der Waals surface area contributed by atoms with Crippen LogP contribution >= 0.6 is 0 Å². The summed E-state index contributed by atoms with van der Waals surface area (Å²) in [5.74, 6) is -1.13.